The second-order valence-corrected chi connectivity index (χ2v) is 7.81. The number of ether oxygens (including phenoxy) is 2. The van der Waals surface area contributed by atoms with Crippen LogP contribution < -0.4 is 15.8 Å². The Bertz CT molecular complexity index is 1550. The predicted octanol–water partition coefficient (Wildman–Crippen LogP) is 3.38. The monoisotopic (exact) mass is 474 g/mol. The first-order valence-electron chi connectivity index (χ1n) is 11.4. The van der Waals surface area contributed by atoms with Crippen LogP contribution in [0.1, 0.15) is 47.4 Å². The Balaban J connectivity index is 2.12. The maximum Gasteiger partial charge on any atom is 0.341 e. The molecule has 0 fully saturated rings. The molecule has 0 bridgehead atoms. The van der Waals surface area contributed by atoms with Crippen molar-refractivity contribution in [3.05, 3.63) is 81.7 Å². The number of fused-ring (bicyclic) bond motifs is 2. The molecule has 3 aromatic heterocycles. The van der Waals surface area contributed by atoms with Crippen molar-refractivity contribution < 1.29 is 19.1 Å². The summed E-state index contributed by atoms with van der Waals surface area (Å²) in [5, 5.41) is 0.233. The molecule has 0 aliphatic carbocycles. The van der Waals surface area contributed by atoms with E-state index in [9.17, 15) is 14.4 Å². The van der Waals surface area contributed by atoms with Crippen LogP contribution in [0.2, 0.25) is 0 Å². The van der Waals surface area contributed by atoms with Gasteiger partial charge in [-0.2, -0.15) is 4.99 Å². The van der Waals surface area contributed by atoms with Gasteiger partial charge >= 0.3 is 5.97 Å². The van der Waals surface area contributed by atoms with Crippen LogP contribution in [0, 0.1) is 0 Å². The van der Waals surface area contributed by atoms with E-state index in [0.717, 1.165) is 6.42 Å². The van der Waals surface area contributed by atoms with Gasteiger partial charge in [-0.05, 0) is 43.7 Å². The maximum atomic E-state index is 13.3. The Morgan fingerprint density at radius 2 is 1.83 bits per heavy atom. The summed E-state index contributed by atoms with van der Waals surface area (Å²) in [6.45, 7) is 4.23. The summed E-state index contributed by atoms with van der Waals surface area (Å²) in [6, 6.07) is 13.4. The molecule has 1 amide bonds. The minimum atomic E-state index is -0.677. The number of pyridine rings is 2. The summed E-state index contributed by atoms with van der Waals surface area (Å²) < 4.78 is 13.6. The van der Waals surface area contributed by atoms with Gasteiger partial charge in [0.05, 0.1) is 24.7 Å². The zero-order chi connectivity index (χ0) is 24.9. The molecule has 4 aromatic rings. The van der Waals surface area contributed by atoms with Crippen LogP contribution in [0.4, 0.5) is 0 Å². The van der Waals surface area contributed by atoms with E-state index < -0.39 is 11.9 Å². The number of nitrogens with zero attached hydrogens (tertiary/aromatic N) is 4. The molecule has 0 aliphatic rings. The molecule has 3 heterocycles. The molecule has 0 unspecified atom stereocenters. The Labute approximate surface area is 201 Å². The lowest BCUT2D eigenvalue weighted by Crippen LogP contribution is -2.33. The van der Waals surface area contributed by atoms with Gasteiger partial charge < -0.3 is 14.0 Å². The van der Waals surface area contributed by atoms with Crippen LogP contribution in [0.15, 0.2) is 64.5 Å². The SMILES string of the molecule is CCCCn1c(=NC(=O)c2ccccc2OC)c(C(=O)OCC)cc2c(=O)n3ccccc3nc21. The minimum absolute atomic E-state index is 0.0217. The number of esters is 1. The average molecular weight is 475 g/mol. The summed E-state index contributed by atoms with van der Waals surface area (Å²) in [6.07, 6.45) is 3.17. The lowest BCUT2D eigenvalue weighted by atomic mass is 10.1. The number of aromatic nitrogens is 3. The van der Waals surface area contributed by atoms with Crippen LogP contribution in [-0.2, 0) is 11.3 Å². The van der Waals surface area contributed by atoms with Crippen LogP contribution >= 0.6 is 0 Å². The van der Waals surface area contributed by atoms with E-state index in [0.29, 0.717) is 30.0 Å². The van der Waals surface area contributed by atoms with E-state index in [4.69, 9.17) is 14.5 Å². The average Bonchev–Trinajstić information content (AvgIpc) is 2.88. The number of para-hydroxylation sites is 1. The summed E-state index contributed by atoms with van der Waals surface area (Å²) in [7, 11) is 1.47. The van der Waals surface area contributed by atoms with Gasteiger partial charge in [0.2, 0.25) is 0 Å². The van der Waals surface area contributed by atoms with Gasteiger partial charge in [-0.3, -0.25) is 14.0 Å². The fourth-order valence-electron chi connectivity index (χ4n) is 3.86. The quantitative estimate of drug-likeness (QED) is 0.300. The van der Waals surface area contributed by atoms with Gasteiger partial charge in [-0.1, -0.05) is 31.5 Å². The molecular formula is C26H26N4O5. The fraction of sp³-hybridized carbons (Fsp3) is 0.269. The first-order valence-corrected chi connectivity index (χ1v) is 11.4. The van der Waals surface area contributed by atoms with E-state index in [1.807, 2.05) is 6.92 Å². The maximum absolute atomic E-state index is 13.3. The fourth-order valence-corrected chi connectivity index (χ4v) is 3.86. The molecule has 0 radical (unpaired) electrons. The Kier molecular flexibility index (Phi) is 7.05. The third-order valence-corrected chi connectivity index (χ3v) is 5.57. The highest BCUT2D eigenvalue weighted by atomic mass is 16.5. The highest BCUT2D eigenvalue weighted by Crippen LogP contribution is 2.18. The first-order chi connectivity index (χ1) is 17.0. The van der Waals surface area contributed by atoms with E-state index in [1.54, 1.807) is 60.2 Å². The molecule has 35 heavy (non-hydrogen) atoms. The van der Waals surface area contributed by atoms with Gasteiger partial charge in [0.1, 0.15) is 22.6 Å². The third kappa shape index (κ3) is 4.57. The highest BCUT2D eigenvalue weighted by Gasteiger charge is 2.21. The van der Waals surface area contributed by atoms with Crippen molar-refractivity contribution >= 4 is 28.6 Å². The van der Waals surface area contributed by atoms with E-state index >= 15 is 0 Å². The molecule has 1 aromatic carbocycles. The van der Waals surface area contributed by atoms with Crippen molar-refractivity contribution in [1.29, 1.82) is 0 Å². The Morgan fingerprint density at radius 3 is 2.57 bits per heavy atom. The van der Waals surface area contributed by atoms with E-state index in [2.05, 4.69) is 4.99 Å². The molecule has 0 saturated heterocycles. The van der Waals surface area contributed by atoms with Crippen LogP contribution in [0.3, 0.4) is 0 Å². The molecule has 9 nitrogen and oxygen atoms in total. The summed E-state index contributed by atoms with van der Waals surface area (Å²) >= 11 is 0. The number of carbonyl (C=O) groups excluding carboxylic acids is 2. The van der Waals surface area contributed by atoms with Gasteiger partial charge in [0.25, 0.3) is 11.5 Å². The largest absolute Gasteiger partial charge is 0.496 e. The highest BCUT2D eigenvalue weighted by molar-refractivity contribution is 5.99. The van der Waals surface area contributed by atoms with Gasteiger partial charge in [0.15, 0.2) is 5.49 Å². The third-order valence-electron chi connectivity index (χ3n) is 5.57. The molecule has 0 atom stereocenters. The summed E-state index contributed by atoms with van der Waals surface area (Å²) in [4.78, 5) is 48.6. The molecule has 180 valence electrons. The number of benzene rings is 1. The molecule has 0 aliphatic heterocycles. The minimum Gasteiger partial charge on any atom is -0.496 e. The van der Waals surface area contributed by atoms with Crippen LogP contribution in [0.5, 0.6) is 5.75 Å². The van der Waals surface area contributed by atoms with Crippen molar-refractivity contribution in [1.82, 2.24) is 14.0 Å². The van der Waals surface area contributed by atoms with Crippen molar-refractivity contribution in [2.45, 2.75) is 33.2 Å². The lowest BCUT2D eigenvalue weighted by Gasteiger charge is -2.15. The standard InChI is InChI=1S/C26H26N4O5/c1-4-6-14-30-22-18(25(32)29-15-10-9-13-21(29)27-22)16-19(26(33)35-5-2)23(30)28-24(31)17-11-7-8-12-20(17)34-3/h7-13,15-16H,4-6,14H2,1-3H3. The normalized spacial score (nSPS) is 11.7. The number of unbranched alkanes of at least 4 members (excludes halogenated alkanes) is 1. The topological polar surface area (TPSA) is 104 Å². The number of hydrogen-bond donors (Lipinski definition) is 0. The number of hydrogen-bond acceptors (Lipinski definition) is 6. The molecule has 0 N–H and O–H groups in total. The van der Waals surface area contributed by atoms with E-state index in [1.165, 1.54) is 17.6 Å². The molecule has 0 saturated carbocycles. The lowest BCUT2D eigenvalue weighted by molar-refractivity contribution is 0.0523. The van der Waals surface area contributed by atoms with Crippen molar-refractivity contribution in [2.75, 3.05) is 13.7 Å². The second kappa shape index (κ2) is 10.3. The van der Waals surface area contributed by atoms with Crippen LogP contribution in [-0.4, -0.2) is 39.5 Å². The smallest absolute Gasteiger partial charge is 0.341 e. The second-order valence-electron chi connectivity index (χ2n) is 7.81. The molecule has 4 rings (SSSR count). The number of aryl methyl sites for hydroxylation is 1. The number of rotatable bonds is 7. The van der Waals surface area contributed by atoms with E-state index in [-0.39, 0.29) is 34.2 Å². The molecular weight excluding hydrogens is 448 g/mol. The van der Waals surface area contributed by atoms with Crippen LogP contribution in [0.25, 0.3) is 16.7 Å². The zero-order valence-electron chi connectivity index (χ0n) is 19.9. The summed E-state index contributed by atoms with van der Waals surface area (Å²) in [5.74, 6) is -0.902. The zero-order valence-corrected chi connectivity index (χ0v) is 19.9. The predicted molar refractivity (Wildman–Crippen MR) is 131 cm³/mol. The van der Waals surface area contributed by atoms with Crippen molar-refractivity contribution in [3.63, 3.8) is 0 Å². The number of amides is 1. The number of methoxy groups -OCH3 is 1. The van der Waals surface area contributed by atoms with Crippen molar-refractivity contribution in [2.24, 2.45) is 4.99 Å². The first kappa shape index (κ1) is 23.9. The number of carbonyl (C=O) groups is 2. The molecule has 0 spiro atoms. The van der Waals surface area contributed by atoms with Gasteiger partial charge in [-0.25, -0.2) is 9.78 Å². The van der Waals surface area contributed by atoms with Gasteiger partial charge in [0, 0.05) is 12.7 Å². The van der Waals surface area contributed by atoms with Gasteiger partial charge in [-0.15, -0.1) is 0 Å². The Morgan fingerprint density at radius 1 is 1.06 bits per heavy atom. The summed E-state index contributed by atoms with van der Waals surface area (Å²) in [5.41, 5.74) is 0.818. The Hall–Kier alpha value is -4.27. The van der Waals surface area contributed by atoms with Crippen molar-refractivity contribution in [3.8, 4) is 5.75 Å². The molecule has 9 heteroatoms.